The Morgan fingerprint density at radius 2 is 1.75 bits per heavy atom. The van der Waals surface area contributed by atoms with Gasteiger partial charge in [-0.25, -0.2) is 4.39 Å². The van der Waals surface area contributed by atoms with E-state index in [4.69, 9.17) is 9.47 Å². The molecule has 0 saturated heterocycles. The zero-order valence-electron chi connectivity index (χ0n) is 19.5. The smallest absolute Gasteiger partial charge is 0.172 e. The molecule has 0 aliphatic heterocycles. The van der Waals surface area contributed by atoms with Crippen LogP contribution in [0.2, 0.25) is 0 Å². The normalized spacial score (nSPS) is 10.9. The highest BCUT2D eigenvalue weighted by Gasteiger charge is 2.15. The highest BCUT2D eigenvalue weighted by Crippen LogP contribution is 2.40. The number of halogens is 1. The second-order valence-electron chi connectivity index (χ2n) is 8.14. The third kappa shape index (κ3) is 5.26. The van der Waals surface area contributed by atoms with Gasteiger partial charge in [0.1, 0.15) is 12.0 Å². The van der Waals surface area contributed by atoms with Crippen LogP contribution < -0.4 is 9.47 Å². The predicted molar refractivity (Wildman–Crippen MR) is 141 cm³/mol. The van der Waals surface area contributed by atoms with Gasteiger partial charge in [-0.2, -0.15) is 0 Å². The lowest BCUT2D eigenvalue weighted by Crippen LogP contribution is -1.93. The van der Waals surface area contributed by atoms with E-state index in [1.54, 1.807) is 42.2 Å². The van der Waals surface area contributed by atoms with Crippen LogP contribution in [0.1, 0.15) is 12.0 Å². The summed E-state index contributed by atoms with van der Waals surface area (Å²) >= 11 is 1.65. The lowest BCUT2D eigenvalue weighted by atomic mass is 10.1. The number of aldehydes is 1. The lowest BCUT2D eigenvalue weighted by Gasteiger charge is -2.13. The van der Waals surface area contributed by atoms with Crippen LogP contribution in [0.15, 0.2) is 90.0 Å². The van der Waals surface area contributed by atoms with Crippen LogP contribution in [0, 0.1) is 5.82 Å². The number of hydrogen-bond acceptors (Lipinski definition) is 5. The number of aromatic nitrogens is 2. The summed E-state index contributed by atoms with van der Waals surface area (Å²) in [6.07, 6.45) is 5.84. The number of hydrogen-bond donors (Lipinski definition) is 1. The van der Waals surface area contributed by atoms with Gasteiger partial charge < -0.3 is 19.3 Å². The van der Waals surface area contributed by atoms with Crippen molar-refractivity contribution < 1.29 is 18.7 Å². The number of ether oxygens (including phenoxy) is 2. The van der Waals surface area contributed by atoms with E-state index >= 15 is 0 Å². The molecule has 5 rings (SSSR count). The number of thioether (sulfide) groups is 1. The fourth-order valence-corrected chi connectivity index (χ4v) is 4.22. The number of H-pyrrole nitrogens is 1. The van der Waals surface area contributed by atoms with Crippen molar-refractivity contribution in [2.45, 2.75) is 17.7 Å². The van der Waals surface area contributed by atoms with E-state index in [1.165, 1.54) is 6.07 Å². The Kier molecular flexibility index (Phi) is 7.00. The Bertz CT molecular complexity index is 1500. The summed E-state index contributed by atoms with van der Waals surface area (Å²) < 4.78 is 26.5. The molecule has 0 amide bonds. The van der Waals surface area contributed by atoms with Gasteiger partial charge in [-0.1, -0.05) is 18.2 Å². The Balaban J connectivity index is 1.52. The van der Waals surface area contributed by atoms with Crippen LogP contribution in [0.25, 0.3) is 22.3 Å². The molecular formula is C29H23FN2O3S. The van der Waals surface area contributed by atoms with Gasteiger partial charge in [0, 0.05) is 34.5 Å². The van der Waals surface area contributed by atoms with Gasteiger partial charge in [0.05, 0.1) is 11.4 Å². The number of para-hydroxylation sites is 1. The Hall–Kier alpha value is -4.10. The van der Waals surface area contributed by atoms with E-state index in [0.717, 1.165) is 39.0 Å². The molecule has 1 N–H and O–H groups in total. The topological polar surface area (TPSA) is 64.2 Å². The van der Waals surface area contributed by atoms with Crippen LogP contribution in [0.3, 0.4) is 0 Å². The van der Waals surface area contributed by atoms with Gasteiger partial charge in [0.15, 0.2) is 23.1 Å². The summed E-state index contributed by atoms with van der Waals surface area (Å²) in [7, 11) is 0. The molecule has 5 aromatic rings. The van der Waals surface area contributed by atoms with E-state index in [2.05, 4.69) is 9.97 Å². The van der Waals surface area contributed by atoms with E-state index in [1.807, 2.05) is 54.8 Å². The average molecular weight is 499 g/mol. The molecule has 7 heteroatoms. The van der Waals surface area contributed by atoms with Crippen molar-refractivity contribution in [1.82, 2.24) is 9.97 Å². The van der Waals surface area contributed by atoms with Crippen LogP contribution in [-0.4, -0.2) is 22.5 Å². The number of carbonyl (C=O) groups is 1. The highest BCUT2D eigenvalue weighted by molar-refractivity contribution is 7.98. The Morgan fingerprint density at radius 1 is 0.944 bits per heavy atom. The van der Waals surface area contributed by atoms with E-state index in [0.29, 0.717) is 30.1 Å². The standard InChI is InChI=1S/C29H23FN2O3S/c1-36-22-11-9-21(10-12-22)34-28-16-20-15-26(24-13-8-19(18-31-24)5-4-14-33)32-25(20)17-29(28)35-27-7-3-2-6-23(27)30/h2-3,6-18,32H,4-5H2,1H3. The Morgan fingerprint density at radius 3 is 2.47 bits per heavy atom. The molecule has 36 heavy (non-hydrogen) atoms. The van der Waals surface area contributed by atoms with Gasteiger partial charge in [0.25, 0.3) is 0 Å². The molecule has 0 bridgehead atoms. The van der Waals surface area contributed by atoms with Crippen molar-refractivity contribution >= 4 is 29.0 Å². The van der Waals surface area contributed by atoms with Gasteiger partial charge in [-0.3, -0.25) is 4.98 Å². The molecule has 5 nitrogen and oxygen atoms in total. The average Bonchev–Trinajstić information content (AvgIpc) is 3.32. The van der Waals surface area contributed by atoms with Crippen LogP contribution in [0.5, 0.6) is 23.0 Å². The molecular weight excluding hydrogens is 475 g/mol. The number of pyridine rings is 1. The fourth-order valence-electron chi connectivity index (χ4n) is 3.81. The predicted octanol–water partition coefficient (Wildman–Crippen LogP) is 7.81. The van der Waals surface area contributed by atoms with Crippen molar-refractivity contribution in [3.63, 3.8) is 0 Å². The first-order valence-corrected chi connectivity index (χ1v) is 12.7. The molecule has 0 spiro atoms. The largest absolute Gasteiger partial charge is 0.453 e. The summed E-state index contributed by atoms with van der Waals surface area (Å²) in [4.78, 5) is 19.7. The monoisotopic (exact) mass is 498 g/mol. The summed E-state index contributed by atoms with van der Waals surface area (Å²) in [6, 6.07) is 23.6. The van der Waals surface area contributed by atoms with E-state index in [9.17, 15) is 9.18 Å². The molecule has 2 aromatic heterocycles. The molecule has 2 heterocycles. The first-order chi connectivity index (χ1) is 17.6. The van der Waals surface area contributed by atoms with Gasteiger partial charge >= 0.3 is 0 Å². The minimum atomic E-state index is -0.459. The molecule has 0 aliphatic rings. The van der Waals surface area contributed by atoms with Crippen molar-refractivity contribution in [2.75, 3.05) is 6.26 Å². The van der Waals surface area contributed by atoms with Crippen molar-refractivity contribution in [2.24, 2.45) is 0 Å². The summed E-state index contributed by atoms with van der Waals surface area (Å²) in [5, 5.41) is 0.897. The quantitative estimate of drug-likeness (QED) is 0.166. The van der Waals surface area contributed by atoms with Gasteiger partial charge in [-0.15, -0.1) is 11.8 Å². The third-order valence-corrected chi connectivity index (χ3v) is 6.42. The molecule has 0 atom stereocenters. The first kappa shape index (κ1) is 23.6. The zero-order valence-corrected chi connectivity index (χ0v) is 20.3. The number of aromatic amines is 1. The maximum Gasteiger partial charge on any atom is 0.172 e. The summed E-state index contributed by atoms with van der Waals surface area (Å²) in [5.74, 6) is 1.14. The second-order valence-corrected chi connectivity index (χ2v) is 9.02. The van der Waals surface area contributed by atoms with Crippen molar-refractivity contribution in [1.29, 1.82) is 0 Å². The Labute approximate surface area is 212 Å². The van der Waals surface area contributed by atoms with E-state index < -0.39 is 5.82 Å². The minimum Gasteiger partial charge on any atom is -0.453 e. The highest BCUT2D eigenvalue weighted by atomic mass is 32.2. The SMILES string of the molecule is CSc1ccc(Oc2cc3cc(-c4ccc(CCC=O)cn4)[nH]c3cc2Oc2ccccc2F)cc1. The number of aryl methyl sites for hydroxylation is 1. The van der Waals surface area contributed by atoms with E-state index in [-0.39, 0.29) is 5.75 Å². The molecule has 3 aromatic carbocycles. The van der Waals surface area contributed by atoms with Crippen LogP contribution >= 0.6 is 11.8 Å². The zero-order chi connectivity index (χ0) is 24.9. The lowest BCUT2D eigenvalue weighted by molar-refractivity contribution is -0.107. The summed E-state index contributed by atoms with van der Waals surface area (Å²) in [6.45, 7) is 0. The number of benzene rings is 3. The molecule has 0 aliphatic carbocycles. The molecule has 0 fully saturated rings. The number of rotatable bonds is 9. The molecule has 0 unspecified atom stereocenters. The van der Waals surface area contributed by atoms with Gasteiger partial charge in [0.2, 0.25) is 0 Å². The molecule has 180 valence electrons. The third-order valence-electron chi connectivity index (χ3n) is 5.68. The van der Waals surface area contributed by atoms with Crippen LogP contribution in [-0.2, 0) is 11.2 Å². The van der Waals surface area contributed by atoms with Crippen LogP contribution in [0.4, 0.5) is 4.39 Å². The minimum absolute atomic E-state index is 0.110. The number of carbonyl (C=O) groups excluding carboxylic acids is 1. The van der Waals surface area contributed by atoms with Gasteiger partial charge in [-0.05, 0) is 72.8 Å². The van der Waals surface area contributed by atoms with Crippen molar-refractivity contribution in [3.05, 3.63) is 96.4 Å². The number of fused-ring (bicyclic) bond motifs is 1. The summed E-state index contributed by atoms with van der Waals surface area (Å²) in [5.41, 5.74) is 3.40. The molecule has 0 saturated carbocycles. The second kappa shape index (κ2) is 10.7. The maximum absolute atomic E-state index is 14.4. The fraction of sp³-hybridized carbons (Fsp3) is 0.103. The number of nitrogens with zero attached hydrogens (tertiary/aromatic N) is 1. The molecule has 0 radical (unpaired) electrons. The maximum atomic E-state index is 14.4. The number of nitrogens with one attached hydrogen (secondary N) is 1. The van der Waals surface area contributed by atoms with Crippen molar-refractivity contribution in [3.8, 4) is 34.4 Å². The first-order valence-electron chi connectivity index (χ1n) is 11.4.